The van der Waals surface area contributed by atoms with Crippen molar-refractivity contribution in [3.8, 4) is 0 Å². The fourth-order valence-corrected chi connectivity index (χ4v) is 1.88. The summed E-state index contributed by atoms with van der Waals surface area (Å²) in [4.78, 5) is 10.6. The monoisotopic (exact) mass is 194 g/mol. The molecule has 0 amide bonds. The fourth-order valence-electron chi connectivity index (χ4n) is 1.88. The molecule has 2 heteroatoms. The lowest BCUT2D eigenvalue weighted by Crippen LogP contribution is -2.04. The largest absolute Gasteiger partial charge is 0.462 e. The highest BCUT2D eigenvalue weighted by molar-refractivity contribution is 5.66. The molecule has 78 valence electrons. The van der Waals surface area contributed by atoms with Crippen molar-refractivity contribution in [2.75, 3.05) is 6.61 Å². The van der Waals surface area contributed by atoms with Crippen molar-refractivity contribution in [3.05, 3.63) is 23.3 Å². The lowest BCUT2D eigenvalue weighted by molar-refractivity contribution is -0.139. The molecular formula is C12H18O2. The van der Waals surface area contributed by atoms with Crippen LogP contribution in [0.25, 0.3) is 0 Å². The predicted octanol–water partition coefficient (Wildman–Crippen LogP) is 2.85. The van der Waals surface area contributed by atoms with Crippen LogP contribution in [0.2, 0.25) is 0 Å². The molecule has 0 N–H and O–H groups in total. The Morgan fingerprint density at radius 3 is 3.00 bits per heavy atom. The quantitative estimate of drug-likeness (QED) is 0.499. The smallest absolute Gasteiger partial charge is 0.302 e. The van der Waals surface area contributed by atoms with Gasteiger partial charge in [0, 0.05) is 6.92 Å². The Balaban J connectivity index is 2.46. The van der Waals surface area contributed by atoms with Crippen LogP contribution in [0.4, 0.5) is 0 Å². The van der Waals surface area contributed by atoms with Gasteiger partial charge in [-0.25, -0.2) is 0 Å². The molecule has 0 fully saturated rings. The van der Waals surface area contributed by atoms with E-state index in [1.807, 2.05) is 6.08 Å². The molecule has 2 nitrogen and oxygen atoms in total. The molecule has 0 saturated heterocycles. The number of rotatable bonds is 2. The second-order valence-electron chi connectivity index (χ2n) is 4.04. The van der Waals surface area contributed by atoms with Crippen molar-refractivity contribution in [1.29, 1.82) is 0 Å². The molecule has 0 saturated carbocycles. The van der Waals surface area contributed by atoms with Crippen molar-refractivity contribution in [1.82, 2.24) is 0 Å². The van der Waals surface area contributed by atoms with Crippen LogP contribution in [-0.4, -0.2) is 12.6 Å². The van der Waals surface area contributed by atoms with Crippen molar-refractivity contribution in [2.24, 2.45) is 5.92 Å². The zero-order chi connectivity index (χ0) is 10.6. The minimum atomic E-state index is -0.210. The first-order valence-corrected chi connectivity index (χ1v) is 5.06. The number of allylic oxidation sites excluding steroid dienone is 3. The van der Waals surface area contributed by atoms with Crippen LogP contribution in [-0.2, 0) is 9.53 Å². The topological polar surface area (TPSA) is 26.3 Å². The van der Waals surface area contributed by atoms with Crippen LogP contribution in [0.3, 0.4) is 0 Å². The van der Waals surface area contributed by atoms with Gasteiger partial charge in [-0.1, -0.05) is 24.1 Å². The summed E-state index contributed by atoms with van der Waals surface area (Å²) in [6, 6.07) is 0. The zero-order valence-corrected chi connectivity index (χ0v) is 9.17. The summed E-state index contributed by atoms with van der Waals surface area (Å²) in [6.45, 7) is 6.22. The van der Waals surface area contributed by atoms with E-state index in [-0.39, 0.29) is 5.97 Å². The van der Waals surface area contributed by atoms with E-state index in [0.29, 0.717) is 12.5 Å². The molecule has 0 radical (unpaired) electrons. The molecule has 1 aliphatic carbocycles. The van der Waals surface area contributed by atoms with E-state index in [9.17, 15) is 4.79 Å². The maximum atomic E-state index is 10.6. The lowest BCUT2D eigenvalue weighted by atomic mass is 9.88. The van der Waals surface area contributed by atoms with Gasteiger partial charge < -0.3 is 4.74 Å². The highest BCUT2D eigenvalue weighted by Gasteiger charge is 2.10. The summed E-state index contributed by atoms with van der Waals surface area (Å²) in [7, 11) is 0. The number of carbonyl (C=O) groups excluding carboxylic acids is 1. The van der Waals surface area contributed by atoms with Crippen LogP contribution >= 0.6 is 0 Å². The summed E-state index contributed by atoms with van der Waals surface area (Å²) in [6.07, 6.45) is 6.47. The SMILES string of the molecule is CC(=O)OC/C=C1/CC(C)=CC(C)C1. The second kappa shape index (κ2) is 4.99. The Labute approximate surface area is 85.6 Å². The van der Waals surface area contributed by atoms with Crippen LogP contribution in [0, 0.1) is 5.92 Å². The van der Waals surface area contributed by atoms with Gasteiger partial charge in [0.2, 0.25) is 0 Å². The molecule has 0 spiro atoms. The highest BCUT2D eigenvalue weighted by Crippen LogP contribution is 2.26. The Morgan fingerprint density at radius 1 is 1.71 bits per heavy atom. The van der Waals surface area contributed by atoms with Crippen LogP contribution in [0.5, 0.6) is 0 Å². The van der Waals surface area contributed by atoms with Crippen molar-refractivity contribution in [3.63, 3.8) is 0 Å². The first-order chi connectivity index (χ1) is 6.58. The molecule has 0 bridgehead atoms. The Morgan fingerprint density at radius 2 is 2.43 bits per heavy atom. The molecule has 1 aliphatic rings. The zero-order valence-electron chi connectivity index (χ0n) is 9.17. The summed E-state index contributed by atoms with van der Waals surface area (Å²) < 4.78 is 4.88. The van der Waals surface area contributed by atoms with Gasteiger partial charge in [0.25, 0.3) is 0 Å². The van der Waals surface area contributed by atoms with Crippen LogP contribution in [0.1, 0.15) is 33.6 Å². The van der Waals surface area contributed by atoms with E-state index in [1.165, 1.54) is 18.1 Å². The average molecular weight is 194 g/mol. The highest BCUT2D eigenvalue weighted by atomic mass is 16.5. The normalized spacial score (nSPS) is 24.6. The molecule has 1 atom stereocenters. The Bertz CT molecular complexity index is 274. The maximum Gasteiger partial charge on any atom is 0.302 e. The fraction of sp³-hybridized carbons (Fsp3) is 0.583. The van der Waals surface area contributed by atoms with E-state index in [2.05, 4.69) is 19.9 Å². The number of carbonyl (C=O) groups is 1. The summed E-state index contributed by atoms with van der Waals surface area (Å²) in [5.41, 5.74) is 2.80. The molecule has 0 aromatic heterocycles. The molecule has 1 unspecified atom stereocenters. The van der Waals surface area contributed by atoms with E-state index < -0.39 is 0 Å². The van der Waals surface area contributed by atoms with Gasteiger partial charge in [0.1, 0.15) is 6.61 Å². The van der Waals surface area contributed by atoms with Gasteiger partial charge in [0.05, 0.1) is 0 Å². The van der Waals surface area contributed by atoms with Gasteiger partial charge in [-0.15, -0.1) is 0 Å². The van der Waals surface area contributed by atoms with E-state index in [0.717, 1.165) is 12.8 Å². The van der Waals surface area contributed by atoms with Gasteiger partial charge in [-0.2, -0.15) is 0 Å². The standard InChI is InChI=1S/C12H18O2/c1-9-6-10(2)8-12(7-9)4-5-14-11(3)13/h4,6,9H,5,7-8H2,1-3H3/b12-4+. The van der Waals surface area contributed by atoms with Crippen LogP contribution in [0.15, 0.2) is 23.3 Å². The van der Waals surface area contributed by atoms with Crippen molar-refractivity contribution >= 4 is 5.97 Å². The number of ether oxygens (including phenoxy) is 1. The molecular weight excluding hydrogens is 176 g/mol. The Kier molecular flexibility index (Phi) is 3.93. The molecule has 0 heterocycles. The third-order valence-corrected chi connectivity index (χ3v) is 2.32. The molecule has 1 rings (SSSR count). The van der Waals surface area contributed by atoms with Crippen molar-refractivity contribution < 1.29 is 9.53 Å². The number of hydrogen-bond donors (Lipinski definition) is 0. The third kappa shape index (κ3) is 3.77. The van der Waals surface area contributed by atoms with Crippen LogP contribution < -0.4 is 0 Å². The minimum Gasteiger partial charge on any atom is -0.462 e. The maximum absolute atomic E-state index is 10.6. The number of esters is 1. The van der Waals surface area contributed by atoms with Gasteiger partial charge in [-0.3, -0.25) is 4.79 Å². The number of hydrogen-bond acceptors (Lipinski definition) is 2. The van der Waals surface area contributed by atoms with Crippen molar-refractivity contribution in [2.45, 2.75) is 33.6 Å². The average Bonchev–Trinajstić information content (AvgIpc) is 2.01. The first-order valence-electron chi connectivity index (χ1n) is 5.06. The molecule has 14 heavy (non-hydrogen) atoms. The summed E-state index contributed by atoms with van der Waals surface area (Å²) >= 11 is 0. The second-order valence-corrected chi connectivity index (χ2v) is 4.04. The van der Waals surface area contributed by atoms with E-state index in [4.69, 9.17) is 4.74 Å². The molecule has 0 aliphatic heterocycles. The van der Waals surface area contributed by atoms with E-state index >= 15 is 0 Å². The summed E-state index contributed by atoms with van der Waals surface area (Å²) in [5.74, 6) is 0.408. The summed E-state index contributed by atoms with van der Waals surface area (Å²) in [5, 5.41) is 0. The van der Waals surface area contributed by atoms with Gasteiger partial charge in [-0.05, 0) is 31.8 Å². The minimum absolute atomic E-state index is 0.210. The van der Waals surface area contributed by atoms with Gasteiger partial charge >= 0.3 is 5.97 Å². The van der Waals surface area contributed by atoms with Gasteiger partial charge in [0.15, 0.2) is 0 Å². The van der Waals surface area contributed by atoms with E-state index in [1.54, 1.807) is 0 Å². The molecule has 0 aromatic carbocycles. The lowest BCUT2D eigenvalue weighted by Gasteiger charge is -2.18. The third-order valence-electron chi connectivity index (χ3n) is 2.32. The Hall–Kier alpha value is -1.05. The molecule has 0 aromatic rings. The first kappa shape index (κ1) is 11.0. The predicted molar refractivity (Wildman–Crippen MR) is 56.9 cm³/mol.